The van der Waals surface area contributed by atoms with E-state index in [0.29, 0.717) is 6.42 Å². The van der Waals surface area contributed by atoms with Gasteiger partial charge in [0.1, 0.15) is 0 Å². The van der Waals surface area contributed by atoms with Gasteiger partial charge in [0.25, 0.3) is 0 Å². The Bertz CT molecular complexity index is 330. The minimum Gasteiger partial charge on any atom is -0.320 e. The highest BCUT2D eigenvalue weighted by molar-refractivity contribution is 7.80. The molecule has 0 aromatic carbocycles. The van der Waals surface area contributed by atoms with Gasteiger partial charge in [0.2, 0.25) is 0 Å². The van der Waals surface area contributed by atoms with Crippen molar-refractivity contribution in [3.63, 3.8) is 0 Å². The Morgan fingerprint density at radius 3 is 1.44 bits per heavy atom. The smallest absolute Gasteiger partial charge is 0.320 e. The second-order valence-electron chi connectivity index (χ2n) is 6.60. The van der Waals surface area contributed by atoms with Crippen molar-refractivity contribution >= 4 is 10.4 Å². The molecule has 0 heterocycles. The van der Waals surface area contributed by atoms with Gasteiger partial charge in [-0.2, -0.15) is 8.42 Å². The summed E-state index contributed by atoms with van der Waals surface area (Å²) in [6.07, 6.45) is 17.3. The van der Waals surface area contributed by atoms with E-state index in [9.17, 15) is 8.42 Å². The van der Waals surface area contributed by atoms with Crippen LogP contribution in [-0.2, 0) is 14.6 Å². The van der Waals surface area contributed by atoms with Crippen LogP contribution < -0.4 is 5.32 Å². The van der Waals surface area contributed by atoms with E-state index >= 15 is 0 Å². The van der Waals surface area contributed by atoms with Gasteiger partial charge in [-0.05, 0) is 26.4 Å². The largest absolute Gasteiger partial charge is 0.397 e. The molecule has 0 bridgehead atoms. The van der Waals surface area contributed by atoms with Crippen molar-refractivity contribution in [1.29, 1.82) is 0 Å². The zero-order valence-electron chi connectivity index (χ0n) is 16.9. The van der Waals surface area contributed by atoms with Crippen LogP contribution in [0.2, 0.25) is 0 Å². The highest BCUT2D eigenvalue weighted by Crippen LogP contribution is 2.11. The molecule has 0 unspecified atom stereocenters. The summed E-state index contributed by atoms with van der Waals surface area (Å²) in [5.41, 5.74) is 0. The summed E-state index contributed by atoms with van der Waals surface area (Å²) in [5, 5.41) is 3.07. The predicted molar refractivity (Wildman–Crippen MR) is 107 cm³/mol. The highest BCUT2D eigenvalue weighted by atomic mass is 32.3. The lowest BCUT2D eigenvalue weighted by Crippen LogP contribution is -2.06. The molecule has 0 aliphatic carbocycles. The number of hydrogen-bond donors (Lipinski definition) is 2. The Hall–Kier alpha value is -0.170. The molecule has 0 spiro atoms. The summed E-state index contributed by atoms with van der Waals surface area (Å²) in [5.74, 6) is 0. The van der Waals surface area contributed by atoms with Crippen molar-refractivity contribution in [2.45, 2.75) is 104 Å². The van der Waals surface area contributed by atoms with E-state index in [1.807, 2.05) is 7.05 Å². The fourth-order valence-electron chi connectivity index (χ4n) is 2.46. The molecule has 0 aliphatic heterocycles. The number of nitrogens with one attached hydrogen (secondary N) is 1. The first-order valence-corrected chi connectivity index (χ1v) is 11.6. The molecule has 25 heavy (non-hydrogen) atoms. The summed E-state index contributed by atoms with van der Waals surface area (Å²) in [6, 6.07) is 0. The van der Waals surface area contributed by atoms with Gasteiger partial charge in [-0.1, -0.05) is 90.9 Å². The van der Waals surface area contributed by atoms with Crippen LogP contribution in [0.5, 0.6) is 0 Å². The molecule has 0 saturated carbocycles. The number of rotatable bonds is 17. The molecule has 0 atom stereocenters. The van der Waals surface area contributed by atoms with Gasteiger partial charge >= 0.3 is 10.4 Å². The minimum absolute atomic E-state index is 0.0935. The van der Waals surface area contributed by atoms with E-state index in [-0.39, 0.29) is 6.61 Å². The van der Waals surface area contributed by atoms with Gasteiger partial charge in [-0.3, -0.25) is 4.55 Å². The Morgan fingerprint density at radius 1 is 0.720 bits per heavy atom. The highest BCUT2D eigenvalue weighted by Gasteiger charge is 2.02. The molecule has 0 radical (unpaired) electrons. The topological polar surface area (TPSA) is 75.6 Å². The molecule has 0 rings (SSSR count). The summed E-state index contributed by atoms with van der Waals surface area (Å²) >= 11 is 0. The van der Waals surface area contributed by atoms with E-state index in [2.05, 4.69) is 23.3 Å². The average Bonchev–Trinajstić information content (AvgIpc) is 2.57. The van der Waals surface area contributed by atoms with Gasteiger partial charge in [-0.25, -0.2) is 4.18 Å². The molecular weight excluding hydrogens is 338 g/mol. The van der Waals surface area contributed by atoms with Crippen LogP contribution in [0.3, 0.4) is 0 Å². The Balaban J connectivity index is 0. The van der Waals surface area contributed by atoms with Crippen molar-refractivity contribution in [2.75, 3.05) is 20.2 Å². The average molecular weight is 382 g/mol. The van der Waals surface area contributed by atoms with Crippen molar-refractivity contribution < 1.29 is 17.2 Å². The monoisotopic (exact) mass is 381 g/mol. The summed E-state index contributed by atoms with van der Waals surface area (Å²) < 4.78 is 33.1. The minimum atomic E-state index is -4.24. The lowest BCUT2D eigenvalue weighted by atomic mass is 10.1. The van der Waals surface area contributed by atoms with E-state index in [1.165, 1.54) is 70.6 Å². The van der Waals surface area contributed by atoms with Gasteiger partial charge in [-0.15, -0.1) is 0 Å². The molecule has 0 aromatic heterocycles. The predicted octanol–water partition coefficient (Wildman–Crippen LogP) is 5.51. The molecule has 5 nitrogen and oxygen atoms in total. The van der Waals surface area contributed by atoms with Crippen LogP contribution >= 0.6 is 0 Å². The van der Waals surface area contributed by atoms with Crippen LogP contribution in [0, 0.1) is 0 Å². The molecule has 0 aromatic rings. The summed E-state index contributed by atoms with van der Waals surface area (Å²) in [4.78, 5) is 0. The summed E-state index contributed by atoms with van der Waals surface area (Å²) in [6.45, 7) is 5.69. The Kier molecular flexibility index (Phi) is 23.7. The fourth-order valence-corrected chi connectivity index (χ4v) is 2.79. The normalized spacial score (nSPS) is 11.2. The zero-order chi connectivity index (χ0) is 19.2. The van der Waals surface area contributed by atoms with Gasteiger partial charge in [0.05, 0.1) is 6.61 Å². The SMILES string of the molecule is CCCCCCCCCCCCCCOS(=O)(=O)O.CCCCNC. The molecule has 0 amide bonds. The molecule has 6 heteroatoms. The van der Waals surface area contributed by atoms with Crippen LogP contribution in [0.15, 0.2) is 0 Å². The lowest BCUT2D eigenvalue weighted by molar-refractivity contribution is 0.261. The molecule has 0 aliphatic rings. The van der Waals surface area contributed by atoms with Crippen molar-refractivity contribution in [3.8, 4) is 0 Å². The maximum absolute atomic E-state index is 10.3. The van der Waals surface area contributed by atoms with Crippen LogP contribution in [0.4, 0.5) is 0 Å². The van der Waals surface area contributed by atoms with Crippen molar-refractivity contribution in [1.82, 2.24) is 5.32 Å². The second kappa shape index (κ2) is 21.9. The van der Waals surface area contributed by atoms with Crippen LogP contribution in [-0.4, -0.2) is 33.2 Å². The molecule has 0 saturated heterocycles. The maximum atomic E-state index is 10.3. The summed E-state index contributed by atoms with van der Waals surface area (Å²) in [7, 11) is -2.26. The quantitative estimate of drug-likeness (QED) is 0.256. The lowest BCUT2D eigenvalue weighted by Gasteiger charge is -2.02. The van der Waals surface area contributed by atoms with Crippen molar-refractivity contribution in [2.24, 2.45) is 0 Å². The van der Waals surface area contributed by atoms with Gasteiger partial charge in [0, 0.05) is 0 Å². The standard InChI is InChI=1S/C14H30O4S.C5H13N/c1-2-3-4-5-6-7-8-9-10-11-12-13-14-18-19(15,16)17;1-3-4-5-6-2/h2-14H2,1H3,(H,15,16,17);6H,3-5H2,1-2H3. The maximum Gasteiger partial charge on any atom is 0.397 e. The zero-order valence-corrected chi connectivity index (χ0v) is 17.7. The molecule has 2 N–H and O–H groups in total. The first-order chi connectivity index (χ1) is 12.0. The van der Waals surface area contributed by atoms with Gasteiger partial charge in [0.15, 0.2) is 0 Å². The molecule has 0 fully saturated rings. The first kappa shape index (κ1) is 27.1. The van der Waals surface area contributed by atoms with Crippen LogP contribution in [0.1, 0.15) is 104 Å². The Morgan fingerprint density at radius 2 is 1.12 bits per heavy atom. The third-order valence-electron chi connectivity index (χ3n) is 4.01. The number of hydrogen-bond acceptors (Lipinski definition) is 4. The second-order valence-corrected chi connectivity index (χ2v) is 7.69. The van der Waals surface area contributed by atoms with E-state index in [0.717, 1.165) is 19.4 Å². The van der Waals surface area contributed by atoms with E-state index < -0.39 is 10.4 Å². The number of unbranched alkanes of at least 4 members (excludes halogenated alkanes) is 12. The third-order valence-corrected chi connectivity index (χ3v) is 4.48. The first-order valence-electron chi connectivity index (χ1n) is 10.2. The molecule has 154 valence electrons. The third kappa shape index (κ3) is 32.0. The van der Waals surface area contributed by atoms with E-state index in [4.69, 9.17) is 4.55 Å². The van der Waals surface area contributed by atoms with E-state index in [1.54, 1.807) is 0 Å². The van der Waals surface area contributed by atoms with Crippen molar-refractivity contribution in [3.05, 3.63) is 0 Å². The Labute approximate surface area is 157 Å². The molecular formula is C19H43NO4S. The van der Waals surface area contributed by atoms with Crippen LogP contribution in [0.25, 0.3) is 0 Å². The fraction of sp³-hybridized carbons (Fsp3) is 1.00. The van der Waals surface area contributed by atoms with Gasteiger partial charge < -0.3 is 5.32 Å².